The van der Waals surface area contributed by atoms with Gasteiger partial charge in [0, 0.05) is 6.61 Å². The largest absolute Gasteiger partial charge is 0.495 e. The lowest BCUT2D eigenvalue weighted by Gasteiger charge is -2.11. The molecule has 25 heavy (non-hydrogen) atoms. The number of nitrogens with zero attached hydrogens (tertiary/aromatic N) is 3. The molecule has 1 aromatic carbocycles. The van der Waals surface area contributed by atoms with Crippen LogP contribution < -0.4 is 15.8 Å². The van der Waals surface area contributed by atoms with Gasteiger partial charge in [-0.05, 0) is 25.0 Å². The Balaban J connectivity index is 1.68. The molecule has 1 aliphatic rings. The summed E-state index contributed by atoms with van der Waals surface area (Å²) in [6, 6.07) is 7.31. The van der Waals surface area contributed by atoms with Crippen LogP contribution in [-0.4, -0.2) is 40.7 Å². The number of nitrogens with one attached hydrogen (secondary N) is 1. The van der Waals surface area contributed by atoms with Crippen LogP contribution in [0.1, 0.15) is 18.7 Å². The van der Waals surface area contributed by atoms with Crippen LogP contribution in [0, 0.1) is 0 Å². The van der Waals surface area contributed by atoms with Crippen molar-refractivity contribution in [3.63, 3.8) is 0 Å². The normalized spacial score (nSPS) is 16.4. The highest BCUT2D eigenvalue weighted by Crippen LogP contribution is 2.25. The van der Waals surface area contributed by atoms with Crippen LogP contribution >= 0.6 is 0 Å². The van der Waals surface area contributed by atoms with E-state index in [0.29, 0.717) is 24.5 Å². The Bertz CT molecular complexity index is 749. The van der Waals surface area contributed by atoms with Crippen molar-refractivity contribution in [1.82, 2.24) is 15.0 Å². The number of rotatable bonds is 6. The molecule has 0 saturated carbocycles. The number of anilines is 3. The summed E-state index contributed by atoms with van der Waals surface area (Å²) in [6.07, 6.45) is 1.01. The lowest BCUT2D eigenvalue weighted by atomic mass is 10.2. The second kappa shape index (κ2) is 7.75. The third-order valence-corrected chi connectivity index (χ3v) is 3.59. The number of aromatic nitrogens is 3. The van der Waals surface area contributed by atoms with Gasteiger partial charge in [0.05, 0.1) is 12.8 Å². The van der Waals surface area contributed by atoms with Gasteiger partial charge in [-0.1, -0.05) is 12.1 Å². The van der Waals surface area contributed by atoms with E-state index in [1.165, 1.54) is 0 Å². The minimum atomic E-state index is -0.509. The summed E-state index contributed by atoms with van der Waals surface area (Å²) in [5.41, 5.74) is 6.39. The number of carbonyl (C=O) groups excluding carboxylic acids is 1. The molecule has 0 aliphatic carbocycles. The third kappa shape index (κ3) is 4.32. The SMILES string of the molecule is COc1ccccc1Nc1nc(N)nc(COC(=O)[C@@H]2CCCO2)n1. The smallest absolute Gasteiger partial charge is 0.335 e. The predicted octanol–water partition coefficient (Wildman–Crippen LogP) is 1.43. The van der Waals surface area contributed by atoms with Gasteiger partial charge in [0.2, 0.25) is 11.9 Å². The molecule has 1 aliphatic heterocycles. The van der Waals surface area contributed by atoms with Crippen LogP contribution in [0.15, 0.2) is 24.3 Å². The summed E-state index contributed by atoms with van der Waals surface area (Å²) in [5.74, 6) is 0.718. The number of methoxy groups -OCH3 is 1. The molecule has 1 atom stereocenters. The first-order valence-electron chi connectivity index (χ1n) is 7.84. The van der Waals surface area contributed by atoms with Gasteiger partial charge in [-0.15, -0.1) is 0 Å². The first-order chi connectivity index (χ1) is 12.2. The molecular formula is C16H19N5O4. The van der Waals surface area contributed by atoms with E-state index < -0.39 is 12.1 Å². The third-order valence-electron chi connectivity index (χ3n) is 3.59. The van der Waals surface area contributed by atoms with Crippen LogP contribution in [-0.2, 0) is 20.9 Å². The molecule has 2 aromatic rings. The van der Waals surface area contributed by atoms with Crippen molar-refractivity contribution >= 4 is 23.6 Å². The molecule has 1 saturated heterocycles. The quantitative estimate of drug-likeness (QED) is 0.749. The number of nitrogen functional groups attached to an aromatic ring is 1. The Morgan fingerprint density at radius 3 is 2.96 bits per heavy atom. The molecule has 2 heterocycles. The highest BCUT2D eigenvalue weighted by atomic mass is 16.6. The zero-order valence-electron chi connectivity index (χ0n) is 13.8. The van der Waals surface area contributed by atoms with Gasteiger partial charge >= 0.3 is 5.97 Å². The Labute approximate surface area is 144 Å². The van der Waals surface area contributed by atoms with Gasteiger partial charge in [0.1, 0.15) is 5.75 Å². The van der Waals surface area contributed by atoms with Gasteiger partial charge in [-0.25, -0.2) is 4.79 Å². The van der Waals surface area contributed by atoms with E-state index in [-0.39, 0.29) is 24.3 Å². The second-order valence-electron chi connectivity index (χ2n) is 5.37. The van der Waals surface area contributed by atoms with Gasteiger partial charge in [-0.2, -0.15) is 15.0 Å². The van der Waals surface area contributed by atoms with Gasteiger partial charge < -0.3 is 25.3 Å². The molecule has 9 nitrogen and oxygen atoms in total. The predicted molar refractivity (Wildman–Crippen MR) is 89.3 cm³/mol. The van der Waals surface area contributed by atoms with Gasteiger partial charge in [-0.3, -0.25) is 0 Å². The van der Waals surface area contributed by atoms with Crippen molar-refractivity contribution < 1.29 is 19.0 Å². The summed E-state index contributed by atoms with van der Waals surface area (Å²) in [7, 11) is 1.57. The maximum absolute atomic E-state index is 11.9. The molecule has 1 aromatic heterocycles. The molecular weight excluding hydrogens is 326 g/mol. The minimum Gasteiger partial charge on any atom is -0.495 e. The number of hydrogen-bond donors (Lipinski definition) is 2. The topological polar surface area (TPSA) is 121 Å². The Morgan fingerprint density at radius 1 is 1.36 bits per heavy atom. The zero-order chi connectivity index (χ0) is 17.6. The first kappa shape index (κ1) is 16.9. The van der Waals surface area contributed by atoms with Crippen LogP contribution in [0.5, 0.6) is 5.75 Å². The standard InChI is InChI=1S/C16H19N5O4/c1-23-11-6-3-2-5-10(11)18-16-20-13(19-15(17)21-16)9-25-14(22)12-7-4-8-24-12/h2-3,5-6,12H,4,7-9H2,1H3,(H3,17,18,19,20,21)/t12-/m0/s1. The number of benzene rings is 1. The van der Waals surface area contributed by atoms with Gasteiger partial charge in [0.15, 0.2) is 18.5 Å². The fourth-order valence-corrected chi connectivity index (χ4v) is 2.42. The van der Waals surface area contributed by atoms with E-state index in [0.717, 1.165) is 6.42 Å². The van der Waals surface area contributed by atoms with Crippen molar-refractivity contribution in [1.29, 1.82) is 0 Å². The minimum absolute atomic E-state index is 0.0237. The van der Waals surface area contributed by atoms with Crippen molar-refractivity contribution in [2.24, 2.45) is 0 Å². The van der Waals surface area contributed by atoms with Crippen LogP contribution in [0.3, 0.4) is 0 Å². The number of nitrogens with two attached hydrogens (primary N) is 1. The number of hydrogen-bond acceptors (Lipinski definition) is 9. The molecule has 0 unspecified atom stereocenters. The second-order valence-corrected chi connectivity index (χ2v) is 5.37. The Kier molecular flexibility index (Phi) is 5.24. The first-order valence-corrected chi connectivity index (χ1v) is 7.84. The number of ether oxygens (including phenoxy) is 3. The maximum atomic E-state index is 11.9. The van der Waals surface area contributed by atoms with Crippen molar-refractivity contribution in [3.05, 3.63) is 30.1 Å². The molecule has 3 rings (SSSR count). The molecule has 0 amide bonds. The Morgan fingerprint density at radius 2 is 2.20 bits per heavy atom. The monoisotopic (exact) mass is 345 g/mol. The fourth-order valence-electron chi connectivity index (χ4n) is 2.42. The van der Waals surface area contributed by atoms with E-state index >= 15 is 0 Å². The summed E-state index contributed by atoms with van der Waals surface area (Å²) >= 11 is 0. The van der Waals surface area contributed by atoms with E-state index in [1.807, 2.05) is 18.2 Å². The fraction of sp³-hybridized carbons (Fsp3) is 0.375. The van der Waals surface area contributed by atoms with E-state index in [2.05, 4.69) is 20.3 Å². The van der Waals surface area contributed by atoms with E-state index in [1.54, 1.807) is 13.2 Å². The van der Waals surface area contributed by atoms with Crippen LogP contribution in [0.2, 0.25) is 0 Å². The average Bonchev–Trinajstić information content (AvgIpc) is 3.14. The van der Waals surface area contributed by atoms with Crippen LogP contribution in [0.4, 0.5) is 17.6 Å². The number of carbonyl (C=O) groups is 1. The number of esters is 1. The molecule has 0 radical (unpaired) electrons. The molecule has 9 heteroatoms. The summed E-state index contributed by atoms with van der Waals surface area (Å²) in [5, 5.41) is 3.02. The summed E-state index contributed by atoms with van der Waals surface area (Å²) < 4.78 is 15.7. The van der Waals surface area contributed by atoms with Crippen molar-refractivity contribution in [2.45, 2.75) is 25.6 Å². The average molecular weight is 345 g/mol. The zero-order valence-corrected chi connectivity index (χ0v) is 13.8. The van der Waals surface area contributed by atoms with E-state index in [4.69, 9.17) is 19.9 Å². The molecule has 1 fully saturated rings. The molecule has 3 N–H and O–H groups in total. The Hall–Kier alpha value is -2.94. The van der Waals surface area contributed by atoms with E-state index in [9.17, 15) is 4.79 Å². The molecule has 0 spiro atoms. The summed E-state index contributed by atoms with van der Waals surface area (Å²) in [4.78, 5) is 24.1. The molecule has 0 bridgehead atoms. The lowest BCUT2D eigenvalue weighted by molar-refractivity contribution is -0.155. The number of para-hydroxylation sites is 2. The molecule has 132 valence electrons. The summed E-state index contributed by atoms with van der Waals surface area (Å²) in [6.45, 7) is 0.470. The maximum Gasteiger partial charge on any atom is 0.335 e. The van der Waals surface area contributed by atoms with Crippen molar-refractivity contribution in [2.75, 3.05) is 24.8 Å². The lowest BCUT2D eigenvalue weighted by Crippen LogP contribution is -2.22. The highest BCUT2D eigenvalue weighted by molar-refractivity contribution is 5.74. The van der Waals surface area contributed by atoms with Crippen LogP contribution in [0.25, 0.3) is 0 Å². The van der Waals surface area contributed by atoms with Crippen molar-refractivity contribution in [3.8, 4) is 5.75 Å². The highest BCUT2D eigenvalue weighted by Gasteiger charge is 2.25. The van der Waals surface area contributed by atoms with Gasteiger partial charge in [0.25, 0.3) is 0 Å².